The Bertz CT molecular complexity index is 174. The number of rotatable bonds is 3. The second-order valence-corrected chi connectivity index (χ2v) is 10.3. The zero-order chi connectivity index (χ0) is 8.70. The molecule has 0 spiro atoms. The molecule has 0 amide bonds. The SMILES string of the molecule is C=C(C[Si](C)(C)C)C1(C)CO1. The van der Waals surface area contributed by atoms with Gasteiger partial charge in [-0.3, -0.25) is 0 Å². The second kappa shape index (κ2) is 2.46. The second-order valence-electron chi connectivity index (χ2n) is 4.86. The largest absolute Gasteiger partial charge is 0.365 e. The number of hydrogen-bond acceptors (Lipinski definition) is 1. The van der Waals surface area contributed by atoms with Crippen molar-refractivity contribution in [2.75, 3.05) is 6.61 Å². The van der Waals surface area contributed by atoms with E-state index in [2.05, 4.69) is 33.1 Å². The summed E-state index contributed by atoms with van der Waals surface area (Å²) in [4.78, 5) is 0. The maximum absolute atomic E-state index is 5.33. The first kappa shape index (κ1) is 9.01. The lowest BCUT2D eigenvalue weighted by Gasteiger charge is -2.19. The number of epoxide rings is 1. The van der Waals surface area contributed by atoms with Gasteiger partial charge in [-0.05, 0) is 18.5 Å². The molecule has 1 atom stereocenters. The summed E-state index contributed by atoms with van der Waals surface area (Å²) in [6.07, 6.45) is 0. The summed E-state index contributed by atoms with van der Waals surface area (Å²) in [7, 11) is -0.970. The van der Waals surface area contributed by atoms with Gasteiger partial charge in [-0.2, -0.15) is 0 Å². The van der Waals surface area contributed by atoms with Crippen LogP contribution in [-0.4, -0.2) is 20.3 Å². The fraction of sp³-hybridized carbons (Fsp3) is 0.778. The van der Waals surface area contributed by atoms with E-state index in [1.807, 2.05) is 0 Å². The molecule has 1 rings (SSSR count). The van der Waals surface area contributed by atoms with Crippen LogP contribution in [0, 0.1) is 0 Å². The first-order valence-electron chi connectivity index (χ1n) is 4.16. The third kappa shape index (κ3) is 2.45. The molecule has 2 heteroatoms. The Labute approximate surface area is 70.5 Å². The van der Waals surface area contributed by atoms with Gasteiger partial charge in [-0.1, -0.05) is 26.2 Å². The van der Waals surface area contributed by atoms with Gasteiger partial charge in [0.1, 0.15) is 5.60 Å². The van der Waals surface area contributed by atoms with Crippen molar-refractivity contribution in [3.63, 3.8) is 0 Å². The Hall–Kier alpha value is -0.0831. The molecule has 0 aromatic heterocycles. The van der Waals surface area contributed by atoms with Crippen LogP contribution in [0.5, 0.6) is 0 Å². The van der Waals surface area contributed by atoms with E-state index in [0.717, 1.165) is 6.61 Å². The summed E-state index contributed by atoms with van der Waals surface area (Å²) in [6.45, 7) is 14.2. The van der Waals surface area contributed by atoms with Crippen LogP contribution >= 0.6 is 0 Å². The number of hydrogen-bond donors (Lipinski definition) is 0. The normalized spacial score (nSPS) is 30.2. The molecule has 1 saturated heterocycles. The van der Waals surface area contributed by atoms with Gasteiger partial charge < -0.3 is 4.74 Å². The van der Waals surface area contributed by atoms with Crippen molar-refractivity contribution in [1.29, 1.82) is 0 Å². The topological polar surface area (TPSA) is 12.5 Å². The maximum Gasteiger partial charge on any atom is 0.109 e. The van der Waals surface area contributed by atoms with Crippen molar-refractivity contribution in [2.24, 2.45) is 0 Å². The van der Waals surface area contributed by atoms with Gasteiger partial charge in [0.05, 0.1) is 6.61 Å². The van der Waals surface area contributed by atoms with Crippen LogP contribution in [-0.2, 0) is 4.74 Å². The molecular weight excluding hydrogens is 152 g/mol. The molecule has 11 heavy (non-hydrogen) atoms. The van der Waals surface area contributed by atoms with E-state index in [1.54, 1.807) is 0 Å². The van der Waals surface area contributed by atoms with E-state index in [1.165, 1.54) is 11.6 Å². The third-order valence-corrected chi connectivity index (χ3v) is 3.56. The summed E-state index contributed by atoms with van der Waals surface area (Å²) in [5, 5.41) is 0. The van der Waals surface area contributed by atoms with Crippen molar-refractivity contribution < 1.29 is 4.74 Å². The molecule has 0 radical (unpaired) electrons. The Morgan fingerprint density at radius 3 is 2.27 bits per heavy atom. The van der Waals surface area contributed by atoms with Crippen molar-refractivity contribution >= 4 is 8.07 Å². The molecule has 1 aliphatic rings. The molecule has 1 nitrogen and oxygen atoms in total. The predicted octanol–water partition coefficient (Wildman–Crippen LogP) is 2.67. The smallest absolute Gasteiger partial charge is 0.109 e. The summed E-state index contributed by atoms with van der Waals surface area (Å²) >= 11 is 0. The molecule has 0 aromatic carbocycles. The van der Waals surface area contributed by atoms with Gasteiger partial charge in [-0.15, -0.1) is 0 Å². The fourth-order valence-electron chi connectivity index (χ4n) is 1.14. The first-order chi connectivity index (χ1) is 4.83. The van der Waals surface area contributed by atoms with Gasteiger partial charge in [0.25, 0.3) is 0 Å². The van der Waals surface area contributed by atoms with Gasteiger partial charge >= 0.3 is 0 Å². The van der Waals surface area contributed by atoms with E-state index in [-0.39, 0.29) is 5.60 Å². The van der Waals surface area contributed by atoms with Gasteiger partial charge in [-0.25, -0.2) is 0 Å². The zero-order valence-corrected chi connectivity index (χ0v) is 9.03. The van der Waals surface area contributed by atoms with Crippen molar-refractivity contribution in [2.45, 2.75) is 38.2 Å². The summed E-state index contributed by atoms with van der Waals surface area (Å²) < 4.78 is 5.33. The summed E-state index contributed by atoms with van der Waals surface area (Å²) in [5.74, 6) is 0. The van der Waals surface area contributed by atoms with Gasteiger partial charge in [0.2, 0.25) is 0 Å². The zero-order valence-electron chi connectivity index (χ0n) is 8.03. The standard InChI is InChI=1S/C9H18OSi/c1-8(6-11(3,4)5)9(2)7-10-9/h1,6-7H2,2-5H3. The average Bonchev–Trinajstić information content (AvgIpc) is 2.44. The maximum atomic E-state index is 5.33. The lowest BCUT2D eigenvalue weighted by atomic mass is 10.1. The van der Waals surface area contributed by atoms with Crippen molar-refractivity contribution in [3.05, 3.63) is 12.2 Å². The molecule has 0 aliphatic carbocycles. The predicted molar refractivity (Wildman–Crippen MR) is 51.7 cm³/mol. The van der Waals surface area contributed by atoms with Crippen molar-refractivity contribution in [1.82, 2.24) is 0 Å². The molecule has 1 aliphatic heterocycles. The Balaban J connectivity index is 2.45. The third-order valence-electron chi connectivity index (χ3n) is 2.07. The van der Waals surface area contributed by atoms with Crippen LogP contribution in [0.1, 0.15) is 6.92 Å². The van der Waals surface area contributed by atoms with E-state index in [9.17, 15) is 0 Å². The quantitative estimate of drug-likeness (QED) is 0.360. The number of ether oxygens (including phenoxy) is 1. The molecule has 1 unspecified atom stereocenters. The van der Waals surface area contributed by atoms with Gasteiger partial charge in [0.15, 0.2) is 0 Å². The molecule has 1 heterocycles. The Morgan fingerprint density at radius 2 is 2.00 bits per heavy atom. The van der Waals surface area contributed by atoms with E-state index in [0.29, 0.717) is 0 Å². The summed E-state index contributed by atoms with van der Waals surface area (Å²) in [5.41, 5.74) is 1.36. The minimum Gasteiger partial charge on any atom is -0.365 e. The van der Waals surface area contributed by atoms with E-state index >= 15 is 0 Å². The Kier molecular flexibility index (Phi) is 2.01. The van der Waals surface area contributed by atoms with E-state index < -0.39 is 8.07 Å². The highest BCUT2D eigenvalue weighted by Gasteiger charge is 2.42. The lowest BCUT2D eigenvalue weighted by molar-refractivity contribution is 0.358. The van der Waals surface area contributed by atoms with Crippen LogP contribution in [0.25, 0.3) is 0 Å². The minimum atomic E-state index is -0.970. The highest BCUT2D eigenvalue weighted by atomic mass is 28.3. The van der Waals surface area contributed by atoms with E-state index in [4.69, 9.17) is 4.74 Å². The van der Waals surface area contributed by atoms with Crippen molar-refractivity contribution in [3.8, 4) is 0 Å². The monoisotopic (exact) mass is 170 g/mol. The lowest BCUT2D eigenvalue weighted by Crippen LogP contribution is -2.24. The molecule has 0 N–H and O–H groups in total. The molecule has 1 fully saturated rings. The minimum absolute atomic E-state index is 0.0558. The molecule has 64 valence electrons. The average molecular weight is 170 g/mol. The molecular formula is C9H18OSi. The molecule has 0 bridgehead atoms. The Morgan fingerprint density at radius 1 is 1.55 bits per heavy atom. The highest BCUT2D eigenvalue weighted by Crippen LogP contribution is 2.37. The first-order valence-corrected chi connectivity index (χ1v) is 7.86. The van der Waals surface area contributed by atoms with Gasteiger partial charge in [0, 0.05) is 8.07 Å². The highest BCUT2D eigenvalue weighted by molar-refractivity contribution is 6.76. The van der Waals surface area contributed by atoms with Crippen LogP contribution in [0.15, 0.2) is 12.2 Å². The van der Waals surface area contributed by atoms with Crippen LogP contribution in [0.4, 0.5) is 0 Å². The molecule has 0 aromatic rings. The molecule has 0 saturated carbocycles. The van der Waals surface area contributed by atoms with Crippen LogP contribution < -0.4 is 0 Å². The fourth-order valence-corrected chi connectivity index (χ4v) is 2.79. The van der Waals surface area contributed by atoms with Crippen LogP contribution in [0.2, 0.25) is 25.7 Å². The summed E-state index contributed by atoms with van der Waals surface area (Å²) in [6, 6.07) is 1.20. The van der Waals surface area contributed by atoms with Crippen LogP contribution in [0.3, 0.4) is 0 Å².